The number of hydrogen-bond donors (Lipinski definition) is 2. The van der Waals surface area contributed by atoms with Gasteiger partial charge in [-0.25, -0.2) is 4.68 Å². The van der Waals surface area contributed by atoms with E-state index >= 15 is 0 Å². The van der Waals surface area contributed by atoms with Crippen molar-refractivity contribution >= 4 is 5.91 Å². The predicted octanol–water partition coefficient (Wildman–Crippen LogP) is 0.866. The van der Waals surface area contributed by atoms with E-state index in [4.69, 9.17) is 0 Å². The predicted molar refractivity (Wildman–Crippen MR) is 91.0 cm³/mol. The van der Waals surface area contributed by atoms with Gasteiger partial charge in [-0.1, -0.05) is 5.21 Å². The van der Waals surface area contributed by atoms with Crippen LogP contribution in [0.15, 0.2) is 0 Å². The highest BCUT2D eigenvalue weighted by atomic mass is 16.2. The maximum Gasteiger partial charge on any atom is 0.274 e. The van der Waals surface area contributed by atoms with E-state index in [1.807, 2.05) is 11.6 Å². The van der Waals surface area contributed by atoms with Crippen LogP contribution in [0.3, 0.4) is 0 Å². The lowest BCUT2D eigenvalue weighted by atomic mass is 10.1. The van der Waals surface area contributed by atoms with Gasteiger partial charge in [0.1, 0.15) is 0 Å². The number of rotatable bonds is 4. The molecule has 0 bridgehead atoms. The molecule has 2 atom stereocenters. The van der Waals surface area contributed by atoms with Gasteiger partial charge in [-0.05, 0) is 59.0 Å². The number of aromatic nitrogens is 3. The Morgan fingerprint density at radius 1 is 1.21 bits per heavy atom. The first-order valence-corrected chi connectivity index (χ1v) is 9.32. The molecular formula is C17H28N6O. The lowest BCUT2D eigenvalue weighted by Gasteiger charge is -2.23. The lowest BCUT2D eigenvalue weighted by Crippen LogP contribution is -2.38. The molecule has 1 aromatic rings. The number of piperidine rings is 1. The molecule has 2 aliphatic heterocycles. The number of carbonyl (C=O) groups excluding carboxylic acids is 1. The van der Waals surface area contributed by atoms with Crippen molar-refractivity contribution < 1.29 is 4.79 Å². The van der Waals surface area contributed by atoms with Crippen LogP contribution >= 0.6 is 0 Å². The quantitative estimate of drug-likeness (QED) is 0.856. The van der Waals surface area contributed by atoms with Crippen molar-refractivity contribution in [3.63, 3.8) is 0 Å². The molecular weight excluding hydrogens is 304 g/mol. The number of amides is 1. The van der Waals surface area contributed by atoms with Crippen LogP contribution in [0.2, 0.25) is 0 Å². The second-order valence-corrected chi connectivity index (χ2v) is 7.63. The van der Waals surface area contributed by atoms with Crippen LogP contribution in [0.1, 0.15) is 61.3 Å². The Bertz CT molecular complexity index is 604. The summed E-state index contributed by atoms with van der Waals surface area (Å²) >= 11 is 0. The van der Waals surface area contributed by atoms with E-state index in [2.05, 4.69) is 32.8 Å². The lowest BCUT2D eigenvalue weighted by molar-refractivity contribution is 0.0931. The Balaban J connectivity index is 1.40. The van der Waals surface area contributed by atoms with Crippen LogP contribution in [0.5, 0.6) is 0 Å². The molecule has 1 aliphatic carbocycles. The van der Waals surface area contributed by atoms with Crippen molar-refractivity contribution in [3.8, 4) is 0 Å². The van der Waals surface area contributed by atoms with Gasteiger partial charge >= 0.3 is 0 Å². The molecule has 24 heavy (non-hydrogen) atoms. The standard InChI is InChI=1S/C17H28N6O/c1-11-9-13(10-22(11)14-3-4-14)19-17(24)16-12(2)23(21-20-16)15-5-7-18-8-6-15/h11,13-15,18H,3-10H2,1-2H3,(H,19,24)/t11-,13+/m1/s1. The fourth-order valence-corrected chi connectivity index (χ4v) is 4.28. The average Bonchev–Trinajstić information content (AvgIpc) is 3.25. The molecule has 0 unspecified atom stereocenters. The molecule has 1 saturated carbocycles. The van der Waals surface area contributed by atoms with Crippen LogP contribution in [0.4, 0.5) is 0 Å². The number of carbonyl (C=O) groups is 1. The van der Waals surface area contributed by atoms with Crippen LogP contribution in [-0.4, -0.2) is 63.6 Å². The van der Waals surface area contributed by atoms with E-state index in [0.29, 0.717) is 17.8 Å². The summed E-state index contributed by atoms with van der Waals surface area (Å²) in [6, 6.07) is 1.91. The van der Waals surface area contributed by atoms with E-state index in [-0.39, 0.29) is 11.9 Å². The molecule has 0 aromatic carbocycles. The Kier molecular flexibility index (Phi) is 4.30. The number of nitrogens with one attached hydrogen (secondary N) is 2. The summed E-state index contributed by atoms with van der Waals surface area (Å²) in [4.78, 5) is 15.2. The fraction of sp³-hybridized carbons (Fsp3) is 0.824. The zero-order valence-corrected chi connectivity index (χ0v) is 14.7. The summed E-state index contributed by atoms with van der Waals surface area (Å²) < 4.78 is 1.95. The van der Waals surface area contributed by atoms with E-state index in [0.717, 1.165) is 50.6 Å². The van der Waals surface area contributed by atoms with Gasteiger partial charge < -0.3 is 10.6 Å². The summed E-state index contributed by atoms with van der Waals surface area (Å²) in [7, 11) is 0. The largest absolute Gasteiger partial charge is 0.346 e. The first kappa shape index (κ1) is 16.0. The summed E-state index contributed by atoms with van der Waals surface area (Å²) in [5.74, 6) is -0.0671. The minimum absolute atomic E-state index is 0.0671. The van der Waals surface area contributed by atoms with Crippen molar-refractivity contribution in [2.45, 2.75) is 70.1 Å². The molecule has 132 valence electrons. The van der Waals surface area contributed by atoms with Crippen molar-refractivity contribution in [2.75, 3.05) is 19.6 Å². The van der Waals surface area contributed by atoms with Crippen molar-refractivity contribution in [1.29, 1.82) is 0 Å². The van der Waals surface area contributed by atoms with Gasteiger partial charge in [-0.3, -0.25) is 9.69 Å². The third-order valence-corrected chi connectivity index (χ3v) is 5.77. The molecule has 7 nitrogen and oxygen atoms in total. The molecule has 7 heteroatoms. The van der Waals surface area contributed by atoms with E-state index < -0.39 is 0 Å². The Morgan fingerprint density at radius 3 is 2.67 bits per heavy atom. The van der Waals surface area contributed by atoms with Gasteiger partial charge in [-0.2, -0.15) is 0 Å². The Morgan fingerprint density at radius 2 is 1.96 bits per heavy atom. The second-order valence-electron chi connectivity index (χ2n) is 7.63. The molecule has 3 fully saturated rings. The Hall–Kier alpha value is -1.47. The first-order valence-electron chi connectivity index (χ1n) is 9.32. The molecule has 2 saturated heterocycles. The zero-order valence-electron chi connectivity index (χ0n) is 14.7. The van der Waals surface area contributed by atoms with E-state index in [9.17, 15) is 4.79 Å². The molecule has 0 radical (unpaired) electrons. The van der Waals surface area contributed by atoms with Crippen LogP contribution in [0, 0.1) is 6.92 Å². The van der Waals surface area contributed by atoms with Gasteiger partial charge in [0.25, 0.3) is 5.91 Å². The van der Waals surface area contributed by atoms with E-state index in [1.54, 1.807) is 0 Å². The number of nitrogens with zero attached hydrogens (tertiary/aromatic N) is 4. The highest BCUT2D eigenvalue weighted by Gasteiger charge is 2.39. The number of hydrogen-bond acceptors (Lipinski definition) is 5. The second kappa shape index (κ2) is 6.44. The maximum atomic E-state index is 12.7. The normalized spacial score (nSPS) is 29.1. The highest BCUT2D eigenvalue weighted by Crippen LogP contribution is 2.33. The molecule has 1 aromatic heterocycles. The smallest absolute Gasteiger partial charge is 0.274 e. The van der Waals surface area contributed by atoms with Gasteiger partial charge in [-0.15, -0.1) is 5.10 Å². The molecule has 0 spiro atoms. The fourth-order valence-electron chi connectivity index (χ4n) is 4.28. The van der Waals surface area contributed by atoms with Crippen molar-refractivity contribution in [1.82, 2.24) is 30.5 Å². The van der Waals surface area contributed by atoms with Crippen LogP contribution < -0.4 is 10.6 Å². The summed E-state index contributed by atoms with van der Waals surface area (Å²) in [5, 5.41) is 15.0. The topological polar surface area (TPSA) is 75.1 Å². The SMILES string of the molecule is Cc1c(C(=O)N[C@H]2C[C@@H](C)N(C3CC3)C2)nnn1C1CCNCC1. The van der Waals surface area contributed by atoms with Gasteiger partial charge in [0.15, 0.2) is 5.69 Å². The van der Waals surface area contributed by atoms with Crippen molar-refractivity contribution in [3.05, 3.63) is 11.4 Å². The first-order chi connectivity index (χ1) is 11.6. The summed E-state index contributed by atoms with van der Waals surface area (Å²) in [5.41, 5.74) is 1.38. The van der Waals surface area contributed by atoms with Gasteiger partial charge in [0.2, 0.25) is 0 Å². The molecule has 1 amide bonds. The minimum Gasteiger partial charge on any atom is -0.346 e. The Labute approximate surface area is 143 Å². The third kappa shape index (κ3) is 3.07. The zero-order chi connectivity index (χ0) is 16.7. The molecule has 2 N–H and O–H groups in total. The average molecular weight is 332 g/mol. The molecule has 4 rings (SSSR count). The monoisotopic (exact) mass is 332 g/mol. The van der Waals surface area contributed by atoms with E-state index in [1.165, 1.54) is 12.8 Å². The molecule has 3 aliphatic rings. The summed E-state index contributed by atoms with van der Waals surface area (Å²) in [6.07, 6.45) is 5.75. The maximum absolute atomic E-state index is 12.7. The third-order valence-electron chi connectivity index (χ3n) is 5.77. The minimum atomic E-state index is -0.0671. The molecule has 3 heterocycles. The number of likely N-dealkylation sites (tertiary alicyclic amines) is 1. The van der Waals surface area contributed by atoms with Gasteiger partial charge in [0, 0.05) is 24.7 Å². The van der Waals surface area contributed by atoms with Crippen molar-refractivity contribution in [2.24, 2.45) is 0 Å². The highest BCUT2D eigenvalue weighted by molar-refractivity contribution is 5.93. The van der Waals surface area contributed by atoms with Crippen LogP contribution in [-0.2, 0) is 0 Å². The van der Waals surface area contributed by atoms with Crippen LogP contribution in [0.25, 0.3) is 0 Å². The summed E-state index contributed by atoms with van der Waals surface area (Å²) in [6.45, 7) is 7.21. The van der Waals surface area contributed by atoms with Gasteiger partial charge in [0.05, 0.1) is 11.7 Å².